The SMILES string of the molecule is CCc1cc(CCC(=O)CCc2ccc(F)c(CC)c2)ccc1F. The van der Waals surface area contributed by atoms with Gasteiger partial charge in [-0.1, -0.05) is 38.1 Å². The first kappa shape index (κ1) is 18.3. The molecule has 24 heavy (non-hydrogen) atoms. The van der Waals surface area contributed by atoms with Gasteiger partial charge in [0.2, 0.25) is 0 Å². The topological polar surface area (TPSA) is 17.1 Å². The molecule has 0 aliphatic heterocycles. The molecule has 0 saturated heterocycles. The average Bonchev–Trinajstić information content (AvgIpc) is 2.60. The van der Waals surface area contributed by atoms with Crippen LogP contribution in [0.4, 0.5) is 8.78 Å². The molecule has 2 aromatic rings. The van der Waals surface area contributed by atoms with E-state index in [1.165, 1.54) is 12.1 Å². The lowest BCUT2D eigenvalue weighted by molar-refractivity contribution is -0.119. The van der Waals surface area contributed by atoms with Crippen molar-refractivity contribution in [1.29, 1.82) is 0 Å². The van der Waals surface area contributed by atoms with Crippen LogP contribution in [0.1, 0.15) is 48.9 Å². The standard InChI is InChI=1S/C21H24F2O/c1-3-17-13-15(7-11-20(17)22)5-9-19(24)10-6-16-8-12-21(23)18(4-2)14-16/h7-8,11-14H,3-6,9-10H2,1-2H3. The van der Waals surface area contributed by atoms with Crippen LogP contribution in [0, 0.1) is 11.6 Å². The molecule has 3 heteroatoms. The molecule has 128 valence electrons. The summed E-state index contributed by atoms with van der Waals surface area (Å²) < 4.78 is 26.9. The summed E-state index contributed by atoms with van der Waals surface area (Å²) in [6, 6.07) is 10.1. The number of rotatable bonds is 8. The van der Waals surface area contributed by atoms with E-state index in [1.807, 2.05) is 26.0 Å². The summed E-state index contributed by atoms with van der Waals surface area (Å²) in [5, 5.41) is 0. The molecule has 0 saturated carbocycles. The number of benzene rings is 2. The zero-order chi connectivity index (χ0) is 17.5. The minimum atomic E-state index is -0.185. The fourth-order valence-electron chi connectivity index (χ4n) is 2.80. The van der Waals surface area contributed by atoms with E-state index >= 15 is 0 Å². The van der Waals surface area contributed by atoms with Crippen LogP contribution in [0.2, 0.25) is 0 Å². The van der Waals surface area contributed by atoms with Gasteiger partial charge >= 0.3 is 0 Å². The van der Waals surface area contributed by atoms with Gasteiger partial charge in [0.05, 0.1) is 0 Å². The van der Waals surface area contributed by atoms with Crippen molar-refractivity contribution < 1.29 is 13.6 Å². The number of hydrogen-bond donors (Lipinski definition) is 0. The number of ketones is 1. The highest BCUT2D eigenvalue weighted by Crippen LogP contribution is 2.15. The number of Topliss-reactive ketones (excluding diaryl/α,β-unsaturated/α-hetero) is 1. The second-order valence-electron chi connectivity index (χ2n) is 6.10. The molecule has 1 nitrogen and oxygen atoms in total. The van der Waals surface area contributed by atoms with Gasteiger partial charge in [-0.05, 0) is 60.1 Å². The first-order chi connectivity index (χ1) is 11.5. The van der Waals surface area contributed by atoms with Crippen LogP contribution in [-0.2, 0) is 30.5 Å². The van der Waals surface area contributed by atoms with E-state index in [-0.39, 0.29) is 17.4 Å². The summed E-state index contributed by atoms with van der Waals surface area (Å²) in [5.74, 6) is -0.189. The van der Waals surface area contributed by atoms with Crippen LogP contribution in [-0.4, -0.2) is 5.78 Å². The third kappa shape index (κ3) is 4.98. The Bertz CT molecular complexity index is 647. The predicted octanol–water partition coefficient (Wildman–Crippen LogP) is 5.22. The Hall–Kier alpha value is -2.03. The van der Waals surface area contributed by atoms with Crippen LogP contribution in [0.25, 0.3) is 0 Å². The molecule has 2 aromatic carbocycles. The summed E-state index contributed by atoms with van der Waals surface area (Å²) in [4.78, 5) is 12.1. The molecule has 0 aliphatic carbocycles. The second-order valence-corrected chi connectivity index (χ2v) is 6.10. The van der Waals surface area contributed by atoms with Gasteiger partial charge in [0, 0.05) is 12.8 Å². The van der Waals surface area contributed by atoms with E-state index in [9.17, 15) is 13.6 Å². The highest BCUT2D eigenvalue weighted by molar-refractivity contribution is 5.78. The third-order valence-electron chi connectivity index (χ3n) is 4.37. The van der Waals surface area contributed by atoms with Gasteiger partial charge in [-0.2, -0.15) is 0 Å². The first-order valence-corrected chi connectivity index (χ1v) is 8.59. The molecule has 0 bridgehead atoms. The minimum Gasteiger partial charge on any atom is -0.300 e. The van der Waals surface area contributed by atoms with Crippen LogP contribution in [0.15, 0.2) is 36.4 Å². The van der Waals surface area contributed by atoms with Gasteiger partial charge in [0.25, 0.3) is 0 Å². The highest BCUT2D eigenvalue weighted by atomic mass is 19.1. The van der Waals surface area contributed by atoms with Crippen LogP contribution in [0.3, 0.4) is 0 Å². The van der Waals surface area contributed by atoms with E-state index < -0.39 is 0 Å². The smallest absolute Gasteiger partial charge is 0.133 e. The Morgan fingerprint density at radius 2 is 1.21 bits per heavy atom. The number of hydrogen-bond acceptors (Lipinski definition) is 1. The highest BCUT2D eigenvalue weighted by Gasteiger charge is 2.07. The van der Waals surface area contributed by atoms with Gasteiger partial charge in [-0.15, -0.1) is 0 Å². The van der Waals surface area contributed by atoms with E-state index in [0.717, 1.165) is 11.1 Å². The second kappa shape index (κ2) is 8.72. The first-order valence-electron chi connectivity index (χ1n) is 8.59. The maximum Gasteiger partial charge on any atom is 0.133 e. The molecule has 0 unspecified atom stereocenters. The molecule has 2 rings (SSSR count). The van der Waals surface area contributed by atoms with Crippen molar-refractivity contribution in [3.8, 4) is 0 Å². The van der Waals surface area contributed by atoms with Crippen molar-refractivity contribution in [3.63, 3.8) is 0 Å². The Labute approximate surface area is 142 Å². The predicted molar refractivity (Wildman–Crippen MR) is 93.2 cm³/mol. The Balaban J connectivity index is 1.85. The van der Waals surface area contributed by atoms with Gasteiger partial charge in [0.15, 0.2) is 0 Å². The van der Waals surface area contributed by atoms with E-state index in [2.05, 4.69) is 0 Å². The molecule has 0 spiro atoms. The molecule has 0 fully saturated rings. The van der Waals surface area contributed by atoms with E-state index in [0.29, 0.717) is 49.7 Å². The maximum atomic E-state index is 13.5. The monoisotopic (exact) mass is 330 g/mol. The Kier molecular flexibility index (Phi) is 6.65. The third-order valence-corrected chi connectivity index (χ3v) is 4.37. The molecular weight excluding hydrogens is 306 g/mol. The van der Waals surface area contributed by atoms with Crippen molar-refractivity contribution >= 4 is 5.78 Å². The molecule has 0 heterocycles. The number of carbonyl (C=O) groups is 1. The van der Waals surface area contributed by atoms with Gasteiger partial charge < -0.3 is 0 Å². The fourth-order valence-corrected chi connectivity index (χ4v) is 2.80. The van der Waals surface area contributed by atoms with Crippen molar-refractivity contribution in [1.82, 2.24) is 0 Å². The summed E-state index contributed by atoms with van der Waals surface area (Å²) in [5.41, 5.74) is 3.38. The molecule has 0 aliphatic rings. The number of aryl methyl sites for hydroxylation is 4. The summed E-state index contributed by atoms with van der Waals surface area (Å²) >= 11 is 0. The average molecular weight is 330 g/mol. The van der Waals surface area contributed by atoms with Gasteiger partial charge in [-0.25, -0.2) is 8.78 Å². The van der Waals surface area contributed by atoms with Crippen LogP contribution in [0.5, 0.6) is 0 Å². The number of halogens is 2. The Morgan fingerprint density at radius 1 is 0.792 bits per heavy atom. The largest absolute Gasteiger partial charge is 0.300 e. The van der Waals surface area contributed by atoms with Crippen molar-refractivity contribution in [2.75, 3.05) is 0 Å². The zero-order valence-corrected chi connectivity index (χ0v) is 14.4. The molecule has 0 N–H and O–H groups in total. The normalized spacial score (nSPS) is 10.8. The fraction of sp³-hybridized carbons (Fsp3) is 0.381. The maximum absolute atomic E-state index is 13.5. The molecule has 0 amide bonds. The Morgan fingerprint density at radius 3 is 1.58 bits per heavy atom. The van der Waals surface area contributed by atoms with Crippen molar-refractivity contribution in [2.45, 2.75) is 52.4 Å². The van der Waals surface area contributed by atoms with E-state index in [1.54, 1.807) is 12.1 Å². The molecular formula is C21H24F2O. The lowest BCUT2D eigenvalue weighted by Crippen LogP contribution is -2.03. The van der Waals surface area contributed by atoms with Gasteiger partial charge in [-0.3, -0.25) is 4.79 Å². The van der Waals surface area contributed by atoms with Gasteiger partial charge in [0.1, 0.15) is 17.4 Å². The molecule has 0 radical (unpaired) electrons. The lowest BCUT2D eigenvalue weighted by Gasteiger charge is -2.07. The molecule has 0 atom stereocenters. The zero-order valence-electron chi connectivity index (χ0n) is 14.4. The molecule has 0 aromatic heterocycles. The summed E-state index contributed by atoms with van der Waals surface area (Å²) in [6.07, 6.45) is 3.48. The minimum absolute atomic E-state index is 0.180. The lowest BCUT2D eigenvalue weighted by atomic mass is 9.99. The summed E-state index contributed by atoms with van der Waals surface area (Å²) in [6.45, 7) is 3.83. The van der Waals surface area contributed by atoms with Crippen molar-refractivity contribution in [3.05, 3.63) is 70.3 Å². The number of carbonyl (C=O) groups excluding carboxylic acids is 1. The van der Waals surface area contributed by atoms with E-state index in [4.69, 9.17) is 0 Å². The van der Waals surface area contributed by atoms with Crippen LogP contribution >= 0.6 is 0 Å². The van der Waals surface area contributed by atoms with Crippen LogP contribution < -0.4 is 0 Å². The summed E-state index contributed by atoms with van der Waals surface area (Å²) in [7, 11) is 0. The van der Waals surface area contributed by atoms with Crippen molar-refractivity contribution in [2.24, 2.45) is 0 Å². The quantitative estimate of drug-likeness (QED) is 0.648.